The molecule has 8 nitrogen and oxygen atoms in total. The van der Waals surface area contributed by atoms with E-state index in [0.717, 1.165) is 27.3 Å². The molecule has 2 amide bonds. The van der Waals surface area contributed by atoms with Gasteiger partial charge in [-0.1, -0.05) is 48.5 Å². The number of hydrogen-bond acceptors (Lipinski definition) is 6. The molecule has 0 fully saturated rings. The number of ether oxygens (including phenoxy) is 1. The third kappa shape index (κ3) is 4.88. The van der Waals surface area contributed by atoms with Crippen LogP contribution in [0.3, 0.4) is 0 Å². The molecule has 0 aliphatic carbocycles. The van der Waals surface area contributed by atoms with Crippen molar-refractivity contribution in [2.45, 2.75) is 13.3 Å². The van der Waals surface area contributed by atoms with Crippen molar-refractivity contribution in [2.24, 2.45) is 0 Å². The molecule has 2 aromatic heterocycles. The minimum Gasteiger partial charge on any atom is -0.497 e. The maximum atomic E-state index is 13.8. The summed E-state index contributed by atoms with van der Waals surface area (Å²) >= 11 is 0. The van der Waals surface area contributed by atoms with Crippen molar-refractivity contribution in [1.29, 1.82) is 5.26 Å². The molecule has 5 aromatic rings. The fourth-order valence-electron chi connectivity index (χ4n) is 5.02. The maximum Gasteiger partial charge on any atom is 0.271 e. The van der Waals surface area contributed by atoms with Crippen molar-refractivity contribution in [2.75, 3.05) is 13.7 Å². The molecule has 8 heteroatoms. The van der Waals surface area contributed by atoms with Crippen LogP contribution in [-0.4, -0.2) is 40.1 Å². The first-order chi connectivity index (χ1) is 20.5. The monoisotopic (exact) mass is 554 g/mol. The van der Waals surface area contributed by atoms with E-state index in [1.807, 2.05) is 97.2 Å². The Morgan fingerprint density at radius 1 is 0.976 bits per heavy atom. The molecule has 0 saturated carbocycles. The molecule has 42 heavy (non-hydrogen) atoms. The van der Waals surface area contributed by atoms with Gasteiger partial charge >= 0.3 is 0 Å². The van der Waals surface area contributed by atoms with Gasteiger partial charge in [0.15, 0.2) is 5.76 Å². The maximum absolute atomic E-state index is 13.8. The molecule has 3 aromatic carbocycles. The highest BCUT2D eigenvalue weighted by molar-refractivity contribution is 6.19. The minimum absolute atomic E-state index is 0.0590. The van der Waals surface area contributed by atoms with E-state index < -0.39 is 11.8 Å². The van der Waals surface area contributed by atoms with Crippen LogP contribution in [0.15, 0.2) is 112 Å². The van der Waals surface area contributed by atoms with Gasteiger partial charge in [0.25, 0.3) is 11.8 Å². The van der Waals surface area contributed by atoms with Crippen molar-refractivity contribution < 1.29 is 18.7 Å². The highest BCUT2D eigenvalue weighted by Crippen LogP contribution is 2.33. The lowest BCUT2D eigenvalue weighted by Gasteiger charge is -2.27. The number of aromatic nitrogens is 2. The van der Waals surface area contributed by atoms with Crippen molar-refractivity contribution in [3.05, 3.63) is 119 Å². The van der Waals surface area contributed by atoms with Crippen molar-refractivity contribution in [3.8, 4) is 29.0 Å². The number of carbonyl (C=O) groups is 2. The summed E-state index contributed by atoms with van der Waals surface area (Å²) in [6.07, 6.45) is 3.94. The van der Waals surface area contributed by atoms with Crippen LogP contribution in [-0.2, 0) is 16.0 Å². The van der Waals surface area contributed by atoms with Gasteiger partial charge < -0.3 is 9.15 Å². The summed E-state index contributed by atoms with van der Waals surface area (Å²) in [6, 6.07) is 28.6. The van der Waals surface area contributed by atoms with Crippen LogP contribution in [0.1, 0.15) is 18.1 Å². The average Bonchev–Trinajstić information content (AvgIpc) is 3.64. The molecular weight excluding hydrogens is 528 g/mol. The quantitative estimate of drug-likeness (QED) is 0.177. The van der Waals surface area contributed by atoms with Crippen LogP contribution in [0.4, 0.5) is 0 Å². The molecule has 0 atom stereocenters. The molecule has 6 rings (SSSR count). The number of rotatable bonds is 7. The normalized spacial score (nSPS) is 14.6. The Kier molecular flexibility index (Phi) is 6.99. The largest absolute Gasteiger partial charge is 0.497 e. The minimum atomic E-state index is -0.594. The Balaban J connectivity index is 1.42. The van der Waals surface area contributed by atoms with Gasteiger partial charge in [-0.15, -0.1) is 0 Å². The summed E-state index contributed by atoms with van der Waals surface area (Å²) in [7, 11) is 1.59. The smallest absolute Gasteiger partial charge is 0.271 e. The number of benzene rings is 3. The SMILES string of the molecule is COc1ccc(CCN2C(=O)C(C#N)=C(C)/C(=C\c3cn(-c4ccccc4)nc3-c3cc4ccccc4o3)C2=O)cc1. The number of furan rings is 1. The number of amides is 2. The molecule has 0 bridgehead atoms. The molecule has 1 aliphatic rings. The number of methoxy groups -OCH3 is 1. The summed E-state index contributed by atoms with van der Waals surface area (Å²) in [5, 5.41) is 15.6. The Morgan fingerprint density at radius 3 is 2.43 bits per heavy atom. The predicted molar refractivity (Wildman–Crippen MR) is 158 cm³/mol. The molecule has 0 spiro atoms. The van der Waals surface area contributed by atoms with Crippen molar-refractivity contribution in [3.63, 3.8) is 0 Å². The van der Waals surface area contributed by atoms with Gasteiger partial charge in [-0.3, -0.25) is 14.5 Å². The Bertz CT molecular complexity index is 1890. The molecule has 0 unspecified atom stereocenters. The van der Waals surface area contributed by atoms with E-state index in [1.54, 1.807) is 24.8 Å². The second-order valence-corrected chi connectivity index (χ2v) is 9.89. The van der Waals surface area contributed by atoms with Crippen molar-refractivity contribution in [1.82, 2.24) is 14.7 Å². The van der Waals surface area contributed by atoms with E-state index in [0.29, 0.717) is 34.6 Å². The molecule has 3 heterocycles. The second-order valence-electron chi connectivity index (χ2n) is 9.89. The predicted octanol–water partition coefficient (Wildman–Crippen LogP) is 6.13. The summed E-state index contributed by atoms with van der Waals surface area (Å²) in [5.41, 5.74) is 4.15. The molecule has 1 aliphatic heterocycles. The first-order valence-electron chi connectivity index (χ1n) is 13.4. The van der Waals surface area contributed by atoms with E-state index in [1.165, 1.54) is 0 Å². The lowest BCUT2D eigenvalue weighted by molar-refractivity contribution is -0.140. The third-order valence-electron chi connectivity index (χ3n) is 7.33. The zero-order valence-electron chi connectivity index (χ0n) is 23.1. The van der Waals surface area contributed by atoms with E-state index in [9.17, 15) is 14.9 Å². The number of carbonyl (C=O) groups excluding carboxylic acids is 2. The van der Waals surface area contributed by atoms with E-state index in [-0.39, 0.29) is 17.7 Å². The topological polar surface area (TPSA) is 101 Å². The second kappa shape index (κ2) is 11.1. The van der Waals surface area contributed by atoms with Gasteiger partial charge in [0.2, 0.25) is 0 Å². The zero-order chi connectivity index (χ0) is 29.2. The van der Waals surface area contributed by atoms with Crippen LogP contribution in [0.2, 0.25) is 0 Å². The number of nitrogens with zero attached hydrogens (tertiary/aromatic N) is 4. The van der Waals surface area contributed by atoms with Crippen LogP contribution in [0, 0.1) is 11.3 Å². The summed E-state index contributed by atoms with van der Waals surface area (Å²) < 4.78 is 13.1. The molecule has 206 valence electrons. The van der Waals surface area contributed by atoms with Gasteiger partial charge in [-0.25, -0.2) is 4.68 Å². The Morgan fingerprint density at radius 2 is 1.71 bits per heavy atom. The van der Waals surface area contributed by atoms with Crippen LogP contribution < -0.4 is 4.74 Å². The van der Waals surface area contributed by atoms with Crippen LogP contribution in [0.5, 0.6) is 5.75 Å². The standard InChI is InChI=1S/C34H26N4O4/c1-22-28(33(39)37(34(40)29(22)20-35)17-16-23-12-14-27(41-2)15-13-23)18-25-21-38(26-9-4-3-5-10-26)36-32(25)31-19-24-8-6-7-11-30(24)42-31/h3-15,18-19,21H,16-17H2,1-2H3/b28-18+. The van der Waals surface area contributed by atoms with Crippen LogP contribution in [0.25, 0.3) is 34.2 Å². The van der Waals surface area contributed by atoms with Gasteiger partial charge in [-0.05, 0) is 67.0 Å². The van der Waals surface area contributed by atoms with Gasteiger partial charge in [0, 0.05) is 29.3 Å². The van der Waals surface area contributed by atoms with Gasteiger partial charge in [0.1, 0.15) is 28.7 Å². The molecule has 0 N–H and O–H groups in total. The van der Waals surface area contributed by atoms with Crippen molar-refractivity contribution >= 4 is 28.9 Å². The summed E-state index contributed by atoms with van der Waals surface area (Å²) in [4.78, 5) is 28.2. The fourth-order valence-corrected chi connectivity index (χ4v) is 5.02. The van der Waals surface area contributed by atoms with E-state index in [4.69, 9.17) is 14.3 Å². The highest BCUT2D eigenvalue weighted by atomic mass is 16.5. The summed E-state index contributed by atoms with van der Waals surface area (Å²) in [6.45, 7) is 1.75. The van der Waals surface area contributed by atoms with E-state index in [2.05, 4.69) is 0 Å². The Hall–Kier alpha value is -5.68. The van der Waals surface area contributed by atoms with Gasteiger partial charge in [0.05, 0.1) is 12.8 Å². The zero-order valence-corrected chi connectivity index (χ0v) is 23.1. The number of nitriles is 1. The Labute approximate surface area is 242 Å². The molecular formula is C34H26N4O4. The molecule has 0 radical (unpaired) electrons. The first kappa shape index (κ1) is 26.5. The number of para-hydroxylation sites is 2. The first-order valence-corrected chi connectivity index (χ1v) is 13.4. The third-order valence-corrected chi connectivity index (χ3v) is 7.33. The highest BCUT2D eigenvalue weighted by Gasteiger charge is 2.35. The molecule has 0 saturated heterocycles. The number of imide groups is 1. The van der Waals surface area contributed by atoms with Gasteiger partial charge in [-0.2, -0.15) is 10.4 Å². The fraction of sp³-hybridized carbons (Fsp3) is 0.118. The van der Waals surface area contributed by atoms with Crippen LogP contribution >= 0.6 is 0 Å². The average molecular weight is 555 g/mol. The lowest BCUT2D eigenvalue weighted by Crippen LogP contribution is -2.43. The number of hydrogen-bond donors (Lipinski definition) is 0. The number of fused-ring (bicyclic) bond motifs is 1. The van der Waals surface area contributed by atoms with E-state index >= 15 is 0 Å². The lowest BCUT2D eigenvalue weighted by atomic mass is 9.93. The summed E-state index contributed by atoms with van der Waals surface area (Å²) in [5.74, 6) is 0.197.